The molecule has 0 aliphatic rings. The van der Waals surface area contributed by atoms with Gasteiger partial charge in [0.25, 0.3) is 11.8 Å². The van der Waals surface area contributed by atoms with E-state index in [0.29, 0.717) is 28.2 Å². The Labute approximate surface area is 90.7 Å². The molecule has 0 bridgehead atoms. The first-order chi connectivity index (χ1) is 7.06. The number of rotatable bonds is 5. The zero-order valence-electron chi connectivity index (χ0n) is 8.03. The van der Waals surface area contributed by atoms with Gasteiger partial charge in [0, 0.05) is 6.61 Å². The third-order valence-electron chi connectivity index (χ3n) is 1.88. The Morgan fingerprint density at radius 1 is 1.33 bits per heavy atom. The van der Waals surface area contributed by atoms with Crippen LogP contribution in [0.1, 0.15) is 31.3 Å². The lowest BCUT2D eigenvalue weighted by atomic mass is 10.1. The van der Waals surface area contributed by atoms with E-state index in [4.69, 9.17) is 16.6 Å². The van der Waals surface area contributed by atoms with E-state index < -0.39 is 11.8 Å². The zero-order valence-corrected chi connectivity index (χ0v) is 8.84. The van der Waals surface area contributed by atoms with Gasteiger partial charge < -0.3 is 16.6 Å². The van der Waals surface area contributed by atoms with Crippen molar-refractivity contribution >= 4 is 23.2 Å². The minimum atomic E-state index is -0.572. The fourth-order valence-corrected chi connectivity index (χ4v) is 2.13. The van der Waals surface area contributed by atoms with Crippen LogP contribution >= 0.6 is 11.3 Å². The summed E-state index contributed by atoms with van der Waals surface area (Å²) in [6, 6.07) is 1.56. The molecule has 0 atom stereocenters. The molecule has 1 aromatic heterocycles. The summed E-state index contributed by atoms with van der Waals surface area (Å²) in [7, 11) is 0. The van der Waals surface area contributed by atoms with Crippen LogP contribution in [0.3, 0.4) is 0 Å². The molecular formula is C9H12N2O3S. The molecule has 5 nitrogen and oxygen atoms in total. The van der Waals surface area contributed by atoms with Gasteiger partial charge >= 0.3 is 0 Å². The van der Waals surface area contributed by atoms with Crippen LogP contribution in [0.15, 0.2) is 6.07 Å². The number of carbonyl (C=O) groups excluding carboxylic acids is 2. The summed E-state index contributed by atoms with van der Waals surface area (Å²) in [6.45, 7) is 0.0277. The number of hydrogen-bond donors (Lipinski definition) is 3. The van der Waals surface area contributed by atoms with Gasteiger partial charge in [0.2, 0.25) is 0 Å². The Balaban J connectivity index is 3.00. The van der Waals surface area contributed by atoms with E-state index >= 15 is 0 Å². The fourth-order valence-electron chi connectivity index (χ4n) is 1.21. The largest absolute Gasteiger partial charge is 0.396 e. The highest BCUT2D eigenvalue weighted by Crippen LogP contribution is 2.23. The predicted molar refractivity (Wildman–Crippen MR) is 56.8 cm³/mol. The van der Waals surface area contributed by atoms with E-state index in [1.165, 1.54) is 0 Å². The van der Waals surface area contributed by atoms with Crippen LogP contribution in [-0.4, -0.2) is 23.5 Å². The second-order valence-electron chi connectivity index (χ2n) is 3.02. The highest BCUT2D eigenvalue weighted by molar-refractivity contribution is 7.16. The topological polar surface area (TPSA) is 106 Å². The third-order valence-corrected chi connectivity index (χ3v) is 3.09. The van der Waals surface area contributed by atoms with Crippen molar-refractivity contribution in [2.24, 2.45) is 11.5 Å². The second kappa shape index (κ2) is 4.90. The molecule has 1 aromatic rings. The normalized spacial score (nSPS) is 10.2. The van der Waals surface area contributed by atoms with E-state index in [-0.39, 0.29) is 6.61 Å². The molecule has 82 valence electrons. The first-order valence-electron chi connectivity index (χ1n) is 4.39. The Morgan fingerprint density at radius 2 is 2.00 bits per heavy atom. The van der Waals surface area contributed by atoms with E-state index in [2.05, 4.69) is 0 Å². The third kappa shape index (κ3) is 2.77. The molecule has 0 radical (unpaired) electrons. The molecule has 0 unspecified atom stereocenters. The molecule has 0 saturated carbocycles. The van der Waals surface area contributed by atoms with Crippen LogP contribution in [-0.2, 0) is 6.42 Å². The summed E-state index contributed by atoms with van der Waals surface area (Å²) in [6.07, 6.45) is 1.04. The van der Waals surface area contributed by atoms with Gasteiger partial charge in [-0.3, -0.25) is 9.59 Å². The van der Waals surface area contributed by atoms with E-state index in [1.807, 2.05) is 0 Å². The quantitative estimate of drug-likeness (QED) is 0.653. The van der Waals surface area contributed by atoms with Crippen LogP contribution in [0.2, 0.25) is 0 Å². The van der Waals surface area contributed by atoms with Gasteiger partial charge in [0.05, 0.1) is 9.75 Å². The molecule has 0 aliphatic carbocycles. The monoisotopic (exact) mass is 228 g/mol. The van der Waals surface area contributed by atoms with Crippen LogP contribution in [0.25, 0.3) is 0 Å². The number of hydrogen-bond acceptors (Lipinski definition) is 4. The predicted octanol–water partition coefficient (Wildman–Crippen LogP) is -0.129. The maximum atomic E-state index is 11.0. The number of aliphatic hydroxyl groups is 1. The average Bonchev–Trinajstić information content (AvgIpc) is 2.58. The van der Waals surface area contributed by atoms with Gasteiger partial charge in [-0.1, -0.05) is 0 Å². The summed E-state index contributed by atoms with van der Waals surface area (Å²) >= 11 is 0.995. The average molecular weight is 228 g/mol. The first-order valence-corrected chi connectivity index (χ1v) is 5.21. The number of primary amides is 2. The molecule has 5 N–H and O–H groups in total. The Hall–Kier alpha value is -1.40. The van der Waals surface area contributed by atoms with Gasteiger partial charge in [0.15, 0.2) is 0 Å². The van der Waals surface area contributed by atoms with Gasteiger partial charge in [-0.25, -0.2) is 0 Å². The molecule has 0 aliphatic heterocycles. The maximum absolute atomic E-state index is 11.0. The summed E-state index contributed by atoms with van der Waals surface area (Å²) < 4.78 is 0. The van der Waals surface area contributed by atoms with Crippen molar-refractivity contribution in [1.29, 1.82) is 0 Å². The molecule has 1 heterocycles. The van der Waals surface area contributed by atoms with Gasteiger partial charge in [-0.05, 0) is 24.5 Å². The molecule has 15 heavy (non-hydrogen) atoms. The number of aliphatic hydroxyl groups excluding tert-OH is 1. The van der Waals surface area contributed by atoms with Gasteiger partial charge in [0.1, 0.15) is 0 Å². The Kier molecular flexibility index (Phi) is 3.81. The SMILES string of the molecule is NC(=O)c1cc(CCCO)c(C(N)=O)s1. The van der Waals surface area contributed by atoms with Crippen LogP contribution in [0.4, 0.5) is 0 Å². The van der Waals surface area contributed by atoms with E-state index in [9.17, 15) is 9.59 Å². The molecule has 0 saturated heterocycles. The number of amides is 2. The van der Waals surface area contributed by atoms with Crippen molar-refractivity contribution in [3.8, 4) is 0 Å². The molecule has 0 fully saturated rings. The lowest BCUT2D eigenvalue weighted by Gasteiger charge is -1.97. The molecule has 0 spiro atoms. The molecule has 0 aromatic carbocycles. The van der Waals surface area contributed by atoms with E-state index in [0.717, 1.165) is 11.3 Å². The first kappa shape index (κ1) is 11.7. The second-order valence-corrected chi connectivity index (χ2v) is 4.07. The summed E-state index contributed by atoms with van der Waals surface area (Å²) in [5, 5.41) is 8.67. The van der Waals surface area contributed by atoms with Crippen LogP contribution in [0, 0.1) is 0 Å². The van der Waals surface area contributed by atoms with E-state index in [1.54, 1.807) is 6.07 Å². The number of nitrogens with two attached hydrogens (primary N) is 2. The smallest absolute Gasteiger partial charge is 0.259 e. The minimum Gasteiger partial charge on any atom is -0.396 e. The van der Waals surface area contributed by atoms with Gasteiger partial charge in [-0.15, -0.1) is 11.3 Å². The Morgan fingerprint density at radius 3 is 2.47 bits per heavy atom. The zero-order chi connectivity index (χ0) is 11.4. The van der Waals surface area contributed by atoms with Crippen molar-refractivity contribution in [3.05, 3.63) is 21.4 Å². The number of thiophene rings is 1. The minimum absolute atomic E-state index is 0.0277. The van der Waals surface area contributed by atoms with Crippen molar-refractivity contribution in [3.63, 3.8) is 0 Å². The fraction of sp³-hybridized carbons (Fsp3) is 0.333. The summed E-state index contributed by atoms with van der Waals surface area (Å²) in [5.41, 5.74) is 10.9. The number of aryl methyl sites for hydroxylation is 1. The van der Waals surface area contributed by atoms with Crippen molar-refractivity contribution in [1.82, 2.24) is 0 Å². The standard InChI is InChI=1S/C9H12N2O3S/c10-8(13)6-4-5(2-1-3-12)7(15-6)9(11)14/h4,12H,1-3H2,(H2,10,13)(H2,11,14). The Bertz CT molecular complexity index is 387. The molecule has 1 rings (SSSR count). The lowest BCUT2D eigenvalue weighted by Crippen LogP contribution is -2.11. The van der Waals surface area contributed by atoms with Crippen molar-refractivity contribution in [2.45, 2.75) is 12.8 Å². The highest BCUT2D eigenvalue weighted by Gasteiger charge is 2.15. The lowest BCUT2D eigenvalue weighted by molar-refractivity contribution is 0.0996. The van der Waals surface area contributed by atoms with Gasteiger partial charge in [-0.2, -0.15) is 0 Å². The summed E-state index contributed by atoms with van der Waals surface area (Å²) in [5.74, 6) is -1.14. The van der Waals surface area contributed by atoms with Crippen LogP contribution < -0.4 is 11.5 Å². The van der Waals surface area contributed by atoms with Crippen molar-refractivity contribution in [2.75, 3.05) is 6.61 Å². The van der Waals surface area contributed by atoms with Crippen LogP contribution in [0.5, 0.6) is 0 Å². The highest BCUT2D eigenvalue weighted by atomic mass is 32.1. The molecule has 6 heteroatoms. The summed E-state index contributed by atoms with van der Waals surface area (Å²) in [4.78, 5) is 22.6. The maximum Gasteiger partial charge on any atom is 0.259 e. The number of carbonyl (C=O) groups is 2. The van der Waals surface area contributed by atoms with Crippen molar-refractivity contribution < 1.29 is 14.7 Å². The molecule has 2 amide bonds. The molecular weight excluding hydrogens is 216 g/mol.